The summed E-state index contributed by atoms with van der Waals surface area (Å²) in [5.74, 6) is 0. The minimum Gasteiger partial charge on any atom is -0.268 e. The van der Waals surface area contributed by atoms with E-state index in [1.807, 2.05) is 23.4 Å². The molecule has 2 rings (SSSR count). The van der Waals surface area contributed by atoms with Gasteiger partial charge in [0.05, 0.1) is 0 Å². The summed E-state index contributed by atoms with van der Waals surface area (Å²) in [4.78, 5) is 12.9. The zero-order valence-electron chi connectivity index (χ0n) is 8.21. The molecular weight excluding hydrogens is 192 g/mol. The third-order valence-electron chi connectivity index (χ3n) is 2.17. The highest BCUT2D eigenvalue weighted by atomic mass is 16.1. The lowest BCUT2D eigenvalue weighted by Crippen LogP contribution is -2.71. The van der Waals surface area contributed by atoms with Crippen LogP contribution < -0.4 is 10.8 Å². The first-order valence-corrected chi connectivity index (χ1v) is 4.51. The van der Waals surface area contributed by atoms with E-state index in [1.54, 1.807) is 19.1 Å². The molecule has 76 valence electrons. The summed E-state index contributed by atoms with van der Waals surface area (Å²) < 4.78 is 1.34. The first kappa shape index (κ1) is 9.39. The number of para-hydroxylation sites is 1. The van der Waals surface area contributed by atoms with Crippen molar-refractivity contribution < 1.29 is 5.22 Å². The van der Waals surface area contributed by atoms with Crippen molar-refractivity contribution in [3.63, 3.8) is 0 Å². The molecule has 0 aliphatic heterocycles. The smallest absolute Gasteiger partial charge is 0.268 e. The second-order valence-electron chi connectivity index (χ2n) is 3.18. The third-order valence-corrected chi connectivity index (χ3v) is 2.17. The molecule has 5 nitrogen and oxygen atoms in total. The summed E-state index contributed by atoms with van der Waals surface area (Å²) >= 11 is 0. The van der Waals surface area contributed by atoms with E-state index in [2.05, 4.69) is 0 Å². The Hall–Kier alpha value is -2.17. The highest BCUT2D eigenvalue weighted by Gasteiger charge is 2.09. The van der Waals surface area contributed by atoms with Gasteiger partial charge < -0.3 is 0 Å². The predicted octanol–water partition coefficient (Wildman–Crippen LogP) is -0.187. The minimum absolute atomic E-state index is 0.194. The first-order chi connectivity index (χ1) is 7.24. The van der Waals surface area contributed by atoms with Crippen LogP contribution in [0, 0.1) is 6.92 Å². The van der Waals surface area contributed by atoms with Crippen molar-refractivity contribution >= 4 is 0 Å². The van der Waals surface area contributed by atoms with Gasteiger partial charge >= 0.3 is 5.56 Å². The number of benzene rings is 1. The molecular formula is C10H10N4O. The topological polar surface area (TPSA) is 63.2 Å². The standard InChI is InChI=1S/C10H10N4O/c1-8-7-10(15)13(14(8)12-11)9-5-3-2-4-6-9/h2-7,12H,1H3. The van der Waals surface area contributed by atoms with Gasteiger partial charge in [0.25, 0.3) is 0 Å². The van der Waals surface area contributed by atoms with Crippen LogP contribution >= 0.6 is 0 Å². The summed E-state index contributed by atoms with van der Waals surface area (Å²) in [6, 6.07) is 10.5. The highest BCUT2D eigenvalue weighted by Crippen LogP contribution is 2.03. The number of rotatable bonds is 2. The number of aromatic nitrogens is 2. The van der Waals surface area contributed by atoms with Crippen LogP contribution in [0.15, 0.2) is 41.2 Å². The monoisotopic (exact) mass is 202 g/mol. The van der Waals surface area contributed by atoms with Crippen molar-refractivity contribution in [2.75, 3.05) is 0 Å². The van der Waals surface area contributed by atoms with Crippen molar-refractivity contribution in [3.8, 4) is 5.69 Å². The fraction of sp³-hybridized carbons (Fsp3) is 0.100. The molecule has 1 aromatic heterocycles. The molecule has 1 N–H and O–H groups in total. The van der Waals surface area contributed by atoms with Crippen molar-refractivity contribution in [2.45, 2.75) is 6.92 Å². The molecule has 1 aromatic carbocycles. The second-order valence-corrected chi connectivity index (χ2v) is 3.18. The Morgan fingerprint density at radius 1 is 1.27 bits per heavy atom. The van der Waals surface area contributed by atoms with E-state index in [0.717, 1.165) is 0 Å². The molecule has 5 heteroatoms. The SMILES string of the molecule is Cc1cc(=O)n(-c2ccccc2)n1[NH+]=[N-]. The fourth-order valence-electron chi connectivity index (χ4n) is 1.49. The van der Waals surface area contributed by atoms with Gasteiger partial charge in [-0.15, -0.1) is 0 Å². The largest absolute Gasteiger partial charge is 0.341 e. The molecule has 2 aromatic rings. The van der Waals surface area contributed by atoms with Crippen LogP contribution in [0.1, 0.15) is 5.69 Å². The lowest BCUT2D eigenvalue weighted by molar-refractivity contribution is -0.562. The molecule has 0 atom stereocenters. The molecule has 0 fully saturated rings. The van der Waals surface area contributed by atoms with Crippen LogP contribution in [-0.4, -0.2) is 9.47 Å². The lowest BCUT2D eigenvalue weighted by Gasteiger charge is -2.06. The van der Waals surface area contributed by atoms with Crippen LogP contribution in [-0.2, 0) is 0 Å². The normalized spacial score (nSPS) is 10.2. The Balaban J connectivity index is 2.73. The zero-order chi connectivity index (χ0) is 10.8. The van der Waals surface area contributed by atoms with Gasteiger partial charge in [0, 0.05) is 11.8 Å². The predicted molar refractivity (Wildman–Crippen MR) is 54.5 cm³/mol. The Morgan fingerprint density at radius 3 is 2.53 bits per heavy atom. The summed E-state index contributed by atoms with van der Waals surface area (Å²) in [6.45, 7) is 1.73. The van der Waals surface area contributed by atoms with Gasteiger partial charge in [0.2, 0.25) is 0 Å². The zero-order valence-corrected chi connectivity index (χ0v) is 8.21. The quantitative estimate of drug-likeness (QED) is 0.674. The van der Waals surface area contributed by atoms with E-state index in [0.29, 0.717) is 11.4 Å². The van der Waals surface area contributed by atoms with E-state index in [9.17, 15) is 4.79 Å². The van der Waals surface area contributed by atoms with Crippen LogP contribution in [0.2, 0.25) is 0 Å². The van der Waals surface area contributed by atoms with Gasteiger partial charge in [-0.25, -0.2) is 10.0 Å². The van der Waals surface area contributed by atoms with Crippen molar-refractivity contribution in [3.05, 3.63) is 58.0 Å². The molecule has 0 spiro atoms. The van der Waals surface area contributed by atoms with Gasteiger partial charge in [0.15, 0.2) is 0 Å². The van der Waals surface area contributed by atoms with Crippen LogP contribution in [0.3, 0.4) is 0 Å². The molecule has 0 aliphatic carbocycles. The Labute approximate surface area is 86.0 Å². The van der Waals surface area contributed by atoms with E-state index >= 15 is 0 Å². The van der Waals surface area contributed by atoms with Crippen LogP contribution in [0.5, 0.6) is 0 Å². The van der Waals surface area contributed by atoms with Crippen molar-refractivity contribution in [1.82, 2.24) is 9.47 Å². The maximum atomic E-state index is 11.6. The highest BCUT2D eigenvalue weighted by molar-refractivity contribution is 5.30. The van der Waals surface area contributed by atoms with Gasteiger partial charge in [0.1, 0.15) is 5.69 Å². The maximum absolute atomic E-state index is 11.6. The van der Waals surface area contributed by atoms with E-state index in [4.69, 9.17) is 5.53 Å². The molecule has 0 unspecified atom stereocenters. The van der Waals surface area contributed by atoms with Crippen LogP contribution in [0.4, 0.5) is 0 Å². The van der Waals surface area contributed by atoms with E-state index in [-0.39, 0.29) is 5.56 Å². The van der Waals surface area contributed by atoms with Crippen molar-refractivity contribution in [1.29, 1.82) is 0 Å². The molecule has 0 bridgehead atoms. The maximum Gasteiger partial charge on any atom is 0.341 e. The average molecular weight is 202 g/mol. The molecule has 1 heterocycles. The van der Waals surface area contributed by atoms with Crippen molar-refractivity contribution in [2.24, 2.45) is 0 Å². The molecule has 0 aliphatic rings. The fourth-order valence-corrected chi connectivity index (χ4v) is 1.49. The average Bonchev–Trinajstić information content (AvgIpc) is 2.54. The number of nitrogens with zero attached hydrogens (tertiary/aromatic N) is 3. The lowest BCUT2D eigenvalue weighted by atomic mass is 10.3. The first-order valence-electron chi connectivity index (χ1n) is 4.51. The second kappa shape index (κ2) is 3.53. The van der Waals surface area contributed by atoms with Gasteiger partial charge in [-0.05, 0) is 19.1 Å². The molecule has 0 saturated carbocycles. The summed E-state index contributed by atoms with van der Waals surface area (Å²) in [5, 5.41) is 1.96. The minimum atomic E-state index is -0.194. The summed E-state index contributed by atoms with van der Waals surface area (Å²) in [5.41, 5.74) is 10.1. The Kier molecular flexibility index (Phi) is 2.21. The summed E-state index contributed by atoms with van der Waals surface area (Å²) in [6.07, 6.45) is 0. The number of hydrogen-bond acceptors (Lipinski definition) is 1. The Bertz CT molecular complexity index is 538. The number of nitrogens with one attached hydrogen (secondary N) is 1. The van der Waals surface area contributed by atoms with E-state index < -0.39 is 0 Å². The molecule has 0 amide bonds. The molecule has 0 saturated heterocycles. The van der Waals surface area contributed by atoms with Gasteiger partial charge in [-0.2, -0.15) is 9.47 Å². The number of hydrogen-bond donors (Lipinski definition) is 1. The van der Waals surface area contributed by atoms with E-state index in [1.165, 1.54) is 15.5 Å². The third kappa shape index (κ3) is 1.48. The van der Waals surface area contributed by atoms with Gasteiger partial charge in [-0.3, -0.25) is 5.53 Å². The summed E-state index contributed by atoms with van der Waals surface area (Å²) in [7, 11) is 0. The van der Waals surface area contributed by atoms with Gasteiger partial charge in [-0.1, -0.05) is 18.2 Å². The Morgan fingerprint density at radius 2 is 1.93 bits per heavy atom. The number of aryl methyl sites for hydroxylation is 1. The molecule has 15 heavy (non-hydrogen) atoms. The molecule has 0 radical (unpaired) electrons. The van der Waals surface area contributed by atoms with Crippen LogP contribution in [0.25, 0.3) is 11.2 Å².